The number of benzene rings is 2. The Morgan fingerprint density at radius 1 is 1.11 bits per heavy atom. The number of rotatable bonds is 3. The standard InChI is InChI=1S/C15H13N3O/c1-11-17-14-4-2-3-5-15(14)18(11)13-8-6-12(7-9-13)16-10-19/h2-10H,1H3,(H,16,19). The highest BCUT2D eigenvalue weighted by atomic mass is 16.1. The zero-order chi connectivity index (χ0) is 13.2. The normalized spacial score (nSPS) is 10.6. The maximum absolute atomic E-state index is 10.4. The van der Waals surface area contributed by atoms with E-state index in [0.717, 1.165) is 28.2 Å². The lowest BCUT2D eigenvalue weighted by Crippen LogP contribution is -1.98. The molecule has 1 amide bonds. The SMILES string of the molecule is Cc1nc2ccccc2n1-c1ccc(NC=O)cc1. The predicted octanol–water partition coefficient (Wildman–Crippen LogP) is 2.90. The van der Waals surface area contributed by atoms with E-state index in [4.69, 9.17) is 0 Å². The van der Waals surface area contributed by atoms with Crippen LogP contribution in [0.1, 0.15) is 5.82 Å². The molecular formula is C15H13N3O. The summed E-state index contributed by atoms with van der Waals surface area (Å²) in [5.41, 5.74) is 3.87. The van der Waals surface area contributed by atoms with Crippen LogP contribution in [0, 0.1) is 6.92 Å². The van der Waals surface area contributed by atoms with Crippen LogP contribution >= 0.6 is 0 Å². The molecule has 0 saturated heterocycles. The van der Waals surface area contributed by atoms with E-state index in [0.29, 0.717) is 6.41 Å². The molecule has 94 valence electrons. The lowest BCUT2D eigenvalue weighted by molar-refractivity contribution is -0.105. The van der Waals surface area contributed by atoms with Crippen molar-refractivity contribution in [3.63, 3.8) is 0 Å². The summed E-state index contributed by atoms with van der Waals surface area (Å²) in [7, 11) is 0. The highest BCUT2D eigenvalue weighted by Gasteiger charge is 2.08. The van der Waals surface area contributed by atoms with Gasteiger partial charge in [-0.3, -0.25) is 9.36 Å². The van der Waals surface area contributed by atoms with Crippen LogP contribution in [0.3, 0.4) is 0 Å². The van der Waals surface area contributed by atoms with Gasteiger partial charge in [0.1, 0.15) is 5.82 Å². The van der Waals surface area contributed by atoms with E-state index in [2.05, 4.69) is 14.9 Å². The molecule has 0 radical (unpaired) electrons. The van der Waals surface area contributed by atoms with Crippen molar-refractivity contribution in [1.82, 2.24) is 9.55 Å². The molecule has 0 fully saturated rings. The molecule has 1 N–H and O–H groups in total. The maximum atomic E-state index is 10.4. The molecular weight excluding hydrogens is 238 g/mol. The van der Waals surface area contributed by atoms with Gasteiger partial charge in [-0.15, -0.1) is 0 Å². The zero-order valence-electron chi connectivity index (χ0n) is 10.5. The number of aryl methyl sites for hydroxylation is 1. The number of nitrogens with zero attached hydrogens (tertiary/aromatic N) is 2. The fraction of sp³-hybridized carbons (Fsp3) is 0.0667. The second kappa shape index (κ2) is 4.57. The third-order valence-corrected chi connectivity index (χ3v) is 3.08. The molecule has 0 unspecified atom stereocenters. The second-order valence-corrected chi connectivity index (χ2v) is 4.29. The summed E-state index contributed by atoms with van der Waals surface area (Å²) in [6, 6.07) is 15.7. The van der Waals surface area contributed by atoms with Crippen LogP contribution in [0.4, 0.5) is 5.69 Å². The number of aromatic nitrogens is 2. The fourth-order valence-corrected chi connectivity index (χ4v) is 2.25. The third kappa shape index (κ3) is 1.97. The van der Waals surface area contributed by atoms with Crippen LogP contribution in [-0.4, -0.2) is 16.0 Å². The van der Waals surface area contributed by atoms with E-state index in [1.807, 2.05) is 55.5 Å². The summed E-state index contributed by atoms with van der Waals surface area (Å²) in [5, 5.41) is 2.63. The van der Waals surface area contributed by atoms with E-state index in [1.165, 1.54) is 0 Å². The van der Waals surface area contributed by atoms with E-state index < -0.39 is 0 Å². The highest BCUT2D eigenvalue weighted by Crippen LogP contribution is 2.22. The molecule has 2 aromatic carbocycles. The van der Waals surface area contributed by atoms with Gasteiger partial charge in [-0.25, -0.2) is 4.98 Å². The van der Waals surface area contributed by atoms with Crippen molar-refractivity contribution in [2.24, 2.45) is 0 Å². The first-order valence-corrected chi connectivity index (χ1v) is 6.04. The number of carbonyl (C=O) groups excluding carboxylic acids is 1. The average Bonchev–Trinajstić information content (AvgIpc) is 2.76. The molecule has 0 spiro atoms. The Morgan fingerprint density at radius 2 is 1.84 bits per heavy atom. The minimum absolute atomic E-state index is 0.673. The molecule has 3 aromatic rings. The van der Waals surface area contributed by atoms with Crippen molar-refractivity contribution < 1.29 is 4.79 Å². The van der Waals surface area contributed by atoms with Gasteiger partial charge in [0, 0.05) is 11.4 Å². The summed E-state index contributed by atoms with van der Waals surface area (Å²) < 4.78 is 2.10. The molecule has 0 aliphatic rings. The predicted molar refractivity (Wildman–Crippen MR) is 75.5 cm³/mol. The summed E-state index contributed by atoms with van der Waals surface area (Å²) in [5.74, 6) is 0.942. The largest absolute Gasteiger partial charge is 0.329 e. The smallest absolute Gasteiger partial charge is 0.211 e. The Bertz CT molecular complexity index is 729. The average molecular weight is 251 g/mol. The Balaban J connectivity index is 2.13. The van der Waals surface area contributed by atoms with Crippen LogP contribution < -0.4 is 5.32 Å². The van der Waals surface area contributed by atoms with Gasteiger partial charge < -0.3 is 5.32 Å². The maximum Gasteiger partial charge on any atom is 0.211 e. The molecule has 0 aliphatic carbocycles. The number of amides is 1. The summed E-state index contributed by atoms with van der Waals surface area (Å²) >= 11 is 0. The van der Waals surface area contributed by atoms with Crippen molar-refractivity contribution in [2.45, 2.75) is 6.92 Å². The fourth-order valence-electron chi connectivity index (χ4n) is 2.25. The van der Waals surface area contributed by atoms with Crippen molar-refractivity contribution >= 4 is 23.1 Å². The summed E-state index contributed by atoms with van der Waals surface area (Å²) in [6.07, 6.45) is 0.673. The molecule has 4 nitrogen and oxygen atoms in total. The lowest BCUT2D eigenvalue weighted by Gasteiger charge is -2.07. The van der Waals surface area contributed by atoms with Gasteiger partial charge in [0.2, 0.25) is 6.41 Å². The van der Waals surface area contributed by atoms with Gasteiger partial charge >= 0.3 is 0 Å². The van der Waals surface area contributed by atoms with Gasteiger partial charge in [-0.05, 0) is 43.3 Å². The monoisotopic (exact) mass is 251 g/mol. The van der Waals surface area contributed by atoms with Crippen LogP contribution in [0.25, 0.3) is 16.7 Å². The minimum atomic E-state index is 0.673. The first-order chi connectivity index (χ1) is 9.29. The van der Waals surface area contributed by atoms with E-state index >= 15 is 0 Å². The number of para-hydroxylation sites is 2. The Hall–Kier alpha value is -2.62. The number of nitrogens with one attached hydrogen (secondary N) is 1. The minimum Gasteiger partial charge on any atom is -0.329 e. The Morgan fingerprint density at radius 3 is 2.58 bits per heavy atom. The molecule has 0 aliphatic heterocycles. The number of imidazole rings is 1. The Labute approximate surface area is 110 Å². The topological polar surface area (TPSA) is 46.9 Å². The van der Waals surface area contributed by atoms with Gasteiger partial charge in [-0.1, -0.05) is 12.1 Å². The zero-order valence-corrected chi connectivity index (χ0v) is 10.5. The van der Waals surface area contributed by atoms with Crippen molar-refractivity contribution in [1.29, 1.82) is 0 Å². The van der Waals surface area contributed by atoms with E-state index in [1.54, 1.807) is 0 Å². The number of hydrogen-bond acceptors (Lipinski definition) is 2. The lowest BCUT2D eigenvalue weighted by atomic mass is 10.2. The van der Waals surface area contributed by atoms with Crippen LogP contribution in [0.5, 0.6) is 0 Å². The first kappa shape index (κ1) is 11.5. The van der Waals surface area contributed by atoms with Crippen molar-refractivity contribution in [2.75, 3.05) is 5.32 Å². The van der Waals surface area contributed by atoms with E-state index in [-0.39, 0.29) is 0 Å². The molecule has 0 atom stereocenters. The molecule has 1 aromatic heterocycles. The Kier molecular flexibility index (Phi) is 2.76. The quantitative estimate of drug-likeness (QED) is 0.727. The van der Waals surface area contributed by atoms with Gasteiger partial charge in [0.25, 0.3) is 0 Å². The number of anilines is 1. The number of hydrogen-bond donors (Lipinski definition) is 1. The van der Waals surface area contributed by atoms with Gasteiger partial charge in [0.05, 0.1) is 11.0 Å². The van der Waals surface area contributed by atoms with Crippen LogP contribution in [0.15, 0.2) is 48.5 Å². The molecule has 0 saturated carbocycles. The molecule has 0 bridgehead atoms. The van der Waals surface area contributed by atoms with Gasteiger partial charge in [0.15, 0.2) is 0 Å². The first-order valence-electron chi connectivity index (χ1n) is 6.04. The van der Waals surface area contributed by atoms with Crippen molar-refractivity contribution in [3.05, 3.63) is 54.4 Å². The number of carbonyl (C=O) groups is 1. The van der Waals surface area contributed by atoms with Gasteiger partial charge in [-0.2, -0.15) is 0 Å². The van der Waals surface area contributed by atoms with Crippen LogP contribution in [0.2, 0.25) is 0 Å². The summed E-state index contributed by atoms with van der Waals surface area (Å²) in [6.45, 7) is 1.98. The molecule has 3 rings (SSSR count). The number of fused-ring (bicyclic) bond motifs is 1. The molecule has 1 heterocycles. The second-order valence-electron chi connectivity index (χ2n) is 4.29. The summed E-state index contributed by atoms with van der Waals surface area (Å²) in [4.78, 5) is 14.9. The third-order valence-electron chi connectivity index (χ3n) is 3.08. The highest BCUT2D eigenvalue weighted by molar-refractivity contribution is 5.78. The molecule has 4 heteroatoms. The van der Waals surface area contributed by atoms with E-state index in [9.17, 15) is 4.79 Å². The van der Waals surface area contributed by atoms with Crippen LogP contribution in [-0.2, 0) is 4.79 Å². The van der Waals surface area contributed by atoms with Crippen molar-refractivity contribution in [3.8, 4) is 5.69 Å². The molecule has 19 heavy (non-hydrogen) atoms.